The maximum atomic E-state index is 11.9. The molecule has 2 aromatic rings. The number of carbonyl (C=O) groups excluding carboxylic acids is 1. The van der Waals surface area contributed by atoms with Gasteiger partial charge in [-0.25, -0.2) is 14.8 Å². The molecule has 2 amide bonds. The number of fused-ring (bicyclic) bond motifs is 1. The first-order valence-corrected chi connectivity index (χ1v) is 12.2. The van der Waals surface area contributed by atoms with Crippen molar-refractivity contribution in [2.75, 3.05) is 43.1 Å². The molecule has 5 rings (SSSR count). The van der Waals surface area contributed by atoms with Crippen LogP contribution in [0.2, 0.25) is 0 Å². The van der Waals surface area contributed by atoms with Crippen LogP contribution in [0.4, 0.5) is 16.3 Å². The average molecular weight is 451 g/mol. The highest BCUT2D eigenvalue weighted by Gasteiger charge is 2.33. The number of morpholine rings is 1. The van der Waals surface area contributed by atoms with Crippen LogP contribution in [-0.4, -0.2) is 59.8 Å². The molecule has 1 atom stereocenters. The van der Waals surface area contributed by atoms with Gasteiger partial charge in [-0.2, -0.15) is 0 Å². The third-order valence-corrected chi connectivity index (χ3v) is 6.62. The van der Waals surface area contributed by atoms with E-state index in [-0.39, 0.29) is 12.1 Å². The number of ether oxygens (including phenoxy) is 1. The zero-order chi connectivity index (χ0) is 22.8. The van der Waals surface area contributed by atoms with Gasteiger partial charge in [-0.1, -0.05) is 6.92 Å². The van der Waals surface area contributed by atoms with E-state index in [1.807, 2.05) is 31.2 Å². The lowest BCUT2D eigenvalue weighted by molar-refractivity contribution is 0.0984. The highest BCUT2D eigenvalue weighted by atomic mass is 16.5. The van der Waals surface area contributed by atoms with Crippen LogP contribution in [0.1, 0.15) is 44.4 Å². The molecule has 0 spiro atoms. The number of hydrogen-bond donors (Lipinski definition) is 2. The Morgan fingerprint density at radius 1 is 1.18 bits per heavy atom. The third-order valence-electron chi connectivity index (χ3n) is 6.62. The molecular weight excluding hydrogens is 416 g/mol. The molecule has 1 saturated carbocycles. The van der Waals surface area contributed by atoms with Gasteiger partial charge in [0.1, 0.15) is 5.82 Å². The van der Waals surface area contributed by atoms with Crippen LogP contribution in [0.3, 0.4) is 0 Å². The number of urea groups is 1. The van der Waals surface area contributed by atoms with Crippen LogP contribution in [0.25, 0.3) is 11.4 Å². The number of carbonyl (C=O) groups is 1. The molecule has 33 heavy (non-hydrogen) atoms. The van der Waals surface area contributed by atoms with Gasteiger partial charge in [0.2, 0.25) is 0 Å². The molecule has 3 heterocycles. The van der Waals surface area contributed by atoms with Crippen LogP contribution in [0, 0.1) is 5.92 Å². The standard InChI is InChI=1S/C25H34N6O2/c1-3-10-26-25(32)27-20-8-6-19(7-9-20)23-28-22-15-30(13-18-4-5-18)14-21(22)24(29-23)31-11-12-33-16-17(31)2/h6-9,17-18H,3-5,10-16H2,1-2H3,(H2,26,27,32)/t17-/m0/s1. The van der Waals surface area contributed by atoms with Gasteiger partial charge >= 0.3 is 6.03 Å². The molecule has 1 aliphatic carbocycles. The molecular formula is C25H34N6O2. The molecule has 8 heteroatoms. The molecule has 3 aliphatic rings. The number of rotatable bonds is 7. The van der Waals surface area contributed by atoms with Crippen molar-refractivity contribution >= 4 is 17.5 Å². The summed E-state index contributed by atoms with van der Waals surface area (Å²) >= 11 is 0. The van der Waals surface area contributed by atoms with Crippen LogP contribution in [-0.2, 0) is 17.8 Å². The fourth-order valence-electron chi connectivity index (χ4n) is 4.62. The van der Waals surface area contributed by atoms with E-state index < -0.39 is 0 Å². The number of anilines is 2. The van der Waals surface area contributed by atoms with Crippen molar-refractivity contribution in [3.8, 4) is 11.4 Å². The minimum absolute atomic E-state index is 0.183. The van der Waals surface area contributed by atoms with E-state index in [1.54, 1.807) is 0 Å². The predicted octanol–water partition coefficient (Wildman–Crippen LogP) is 3.63. The highest BCUT2D eigenvalue weighted by molar-refractivity contribution is 5.89. The van der Waals surface area contributed by atoms with Crippen molar-refractivity contribution in [3.63, 3.8) is 0 Å². The lowest BCUT2D eigenvalue weighted by atomic mass is 10.1. The van der Waals surface area contributed by atoms with Gasteiger partial charge in [0, 0.05) is 49.5 Å². The van der Waals surface area contributed by atoms with Gasteiger partial charge in [0.15, 0.2) is 5.82 Å². The average Bonchev–Trinajstić information content (AvgIpc) is 3.54. The first kappa shape index (κ1) is 22.1. The van der Waals surface area contributed by atoms with Gasteiger partial charge in [-0.05, 0) is 56.4 Å². The Hall–Kier alpha value is -2.71. The number of benzene rings is 1. The minimum atomic E-state index is -0.183. The molecule has 1 saturated heterocycles. The van der Waals surface area contributed by atoms with Gasteiger partial charge in [0.25, 0.3) is 0 Å². The number of hydrogen-bond acceptors (Lipinski definition) is 6. The van der Waals surface area contributed by atoms with Crippen LogP contribution >= 0.6 is 0 Å². The first-order valence-electron chi connectivity index (χ1n) is 12.2. The smallest absolute Gasteiger partial charge is 0.319 e. The summed E-state index contributed by atoms with van der Waals surface area (Å²) in [4.78, 5) is 26.9. The summed E-state index contributed by atoms with van der Waals surface area (Å²) in [5.74, 6) is 2.66. The topological polar surface area (TPSA) is 82.6 Å². The van der Waals surface area contributed by atoms with Crippen LogP contribution < -0.4 is 15.5 Å². The zero-order valence-electron chi connectivity index (χ0n) is 19.6. The molecule has 0 bridgehead atoms. The van der Waals surface area contributed by atoms with E-state index in [0.29, 0.717) is 6.54 Å². The zero-order valence-corrected chi connectivity index (χ0v) is 19.6. The van der Waals surface area contributed by atoms with Crippen molar-refractivity contribution in [3.05, 3.63) is 35.5 Å². The highest BCUT2D eigenvalue weighted by Crippen LogP contribution is 2.37. The molecule has 0 radical (unpaired) electrons. The van der Waals surface area contributed by atoms with E-state index in [2.05, 4.69) is 27.4 Å². The monoisotopic (exact) mass is 450 g/mol. The Labute approximate surface area is 195 Å². The lowest BCUT2D eigenvalue weighted by Gasteiger charge is -2.35. The van der Waals surface area contributed by atoms with Gasteiger partial charge in [0.05, 0.1) is 24.9 Å². The van der Waals surface area contributed by atoms with Gasteiger partial charge in [-0.15, -0.1) is 0 Å². The molecule has 2 aliphatic heterocycles. The summed E-state index contributed by atoms with van der Waals surface area (Å²) in [5.41, 5.74) is 4.14. The molecule has 1 aromatic carbocycles. The number of nitrogens with zero attached hydrogens (tertiary/aromatic N) is 4. The van der Waals surface area contributed by atoms with Crippen molar-refractivity contribution in [1.29, 1.82) is 0 Å². The Kier molecular flexibility index (Phi) is 6.46. The Bertz CT molecular complexity index is 991. The molecule has 2 fully saturated rings. The second-order valence-corrected chi connectivity index (χ2v) is 9.48. The Morgan fingerprint density at radius 3 is 2.73 bits per heavy atom. The molecule has 1 aromatic heterocycles. The van der Waals surface area contributed by atoms with Crippen molar-refractivity contribution in [2.45, 2.75) is 52.2 Å². The summed E-state index contributed by atoms with van der Waals surface area (Å²) in [6.07, 6.45) is 3.62. The summed E-state index contributed by atoms with van der Waals surface area (Å²) < 4.78 is 5.68. The van der Waals surface area contributed by atoms with Crippen molar-refractivity contribution in [1.82, 2.24) is 20.2 Å². The summed E-state index contributed by atoms with van der Waals surface area (Å²) in [6, 6.07) is 7.90. The molecule has 8 nitrogen and oxygen atoms in total. The van der Waals surface area contributed by atoms with E-state index in [9.17, 15) is 4.79 Å². The van der Waals surface area contributed by atoms with Gasteiger partial charge in [-0.3, -0.25) is 4.90 Å². The third kappa shape index (κ3) is 5.12. The second kappa shape index (κ2) is 9.65. The van der Waals surface area contributed by atoms with E-state index >= 15 is 0 Å². The largest absolute Gasteiger partial charge is 0.377 e. The minimum Gasteiger partial charge on any atom is -0.377 e. The normalized spacial score (nSPS) is 20.5. The second-order valence-electron chi connectivity index (χ2n) is 9.48. The SMILES string of the molecule is CCCNC(=O)Nc1ccc(-c2nc3c(c(N4CCOC[C@@H]4C)n2)CN(CC2CC2)C3)cc1. The quantitative estimate of drug-likeness (QED) is 0.670. The molecule has 176 valence electrons. The van der Waals surface area contributed by atoms with Crippen molar-refractivity contribution < 1.29 is 9.53 Å². The van der Waals surface area contributed by atoms with Crippen LogP contribution in [0.15, 0.2) is 24.3 Å². The predicted molar refractivity (Wildman–Crippen MR) is 129 cm³/mol. The number of aromatic nitrogens is 2. The summed E-state index contributed by atoms with van der Waals surface area (Å²) in [7, 11) is 0. The number of nitrogens with one attached hydrogen (secondary N) is 2. The first-order chi connectivity index (χ1) is 16.1. The molecule has 0 unspecified atom stereocenters. The summed E-state index contributed by atoms with van der Waals surface area (Å²) in [5, 5.41) is 5.71. The van der Waals surface area contributed by atoms with Crippen LogP contribution in [0.5, 0.6) is 0 Å². The van der Waals surface area contributed by atoms with E-state index in [1.165, 1.54) is 18.4 Å². The maximum Gasteiger partial charge on any atom is 0.319 e. The maximum absolute atomic E-state index is 11.9. The van der Waals surface area contributed by atoms with Gasteiger partial charge < -0.3 is 20.3 Å². The van der Waals surface area contributed by atoms with E-state index in [4.69, 9.17) is 14.7 Å². The van der Waals surface area contributed by atoms with Crippen molar-refractivity contribution in [2.24, 2.45) is 5.92 Å². The number of amides is 2. The fourth-order valence-corrected chi connectivity index (χ4v) is 4.62. The molecule has 2 N–H and O–H groups in total. The fraction of sp³-hybridized carbons (Fsp3) is 0.560. The summed E-state index contributed by atoms with van der Waals surface area (Å²) in [6.45, 7) is 10.2. The Morgan fingerprint density at radius 2 is 2.00 bits per heavy atom. The van der Waals surface area contributed by atoms with E-state index in [0.717, 1.165) is 80.3 Å². The Balaban J connectivity index is 1.41. The lowest BCUT2D eigenvalue weighted by Crippen LogP contribution is -2.44.